The summed E-state index contributed by atoms with van der Waals surface area (Å²) in [5.74, 6) is -6.33. The number of hydrogen-bond acceptors (Lipinski definition) is 3. The molecule has 1 atom stereocenters. The average Bonchev–Trinajstić information content (AvgIpc) is 2.62. The summed E-state index contributed by atoms with van der Waals surface area (Å²) < 4.78 is 44.5. The molecule has 0 aliphatic rings. The molecule has 0 aromatic heterocycles. The lowest BCUT2D eigenvalue weighted by Crippen LogP contribution is -2.37. The van der Waals surface area contributed by atoms with Crippen molar-refractivity contribution in [1.82, 2.24) is 5.32 Å². The van der Waals surface area contributed by atoms with E-state index in [1.165, 1.54) is 7.11 Å². The van der Waals surface area contributed by atoms with Crippen LogP contribution >= 0.6 is 0 Å². The molecule has 0 fully saturated rings. The van der Waals surface area contributed by atoms with Crippen LogP contribution in [0.3, 0.4) is 0 Å². The average molecular weight is 352 g/mol. The Morgan fingerprint density at radius 1 is 0.960 bits per heavy atom. The van der Waals surface area contributed by atoms with Crippen molar-refractivity contribution in [3.8, 4) is 5.75 Å². The molecule has 0 aliphatic carbocycles. The summed E-state index contributed by atoms with van der Waals surface area (Å²) in [6.07, 6.45) is 0. The quantitative estimate of drug-likeness (QED) is 0.657. The normalized spacial score (nSPS) is 11.6. The fourth-order valence-electron chi connectivity index (χ4n) is 2.04. The third-order valence-electron chi connectivity index (χ3n) is 3.45. The molecule has 2 N–H and O–H groups in total. The van der Waals surface area contributed by atoms with Crippen LogP contribution in [0.1, 0.15) is 18.5 Å². The summed E-state index contributed by atoms with van der Waals surface area (Å²) in [5, 5.41) is 4.32. The predicted molar refractivity (Wildman–Crippen MR) is 84.5 cm³/mol. The van der Waals surface area contributed by atoms with Crippen molar-refractivity contribution in [2.45, 2.75) is 13.0 Å². The van der Waals surface area contributed by atoms with Gasteiger partial charge in [-0.2, -0.15) is 0 Å². The van der Waals surface area contributed by atoms with Gasteiger partial charge in [0.2, 0.25) is 0 Å². The Balaban J connectivity index is 2.02. The van der Waals surface area contributed by atoms with Gasteiger partial charge in [0.05, 0.1) is 18.8 Å². The van der Waals surface area contributed by atoms with Crippen LogP contribution in [0.4, 0.5) is 18.9 Å². The lowest BCUT2D eigenvalue weighted by Gasteiger charge is -2.15. The maximum Gasteiger partial charge on any atom is 0.313 e. The fraction of sp³-hybridized carbons (Fsp3) is 0.176. The Kier molecular flexibility index (Phi) is 5.63. The van der Waals surface area contributed by atoms with E-state index < -0.39 is 41.0 Å². The van der Waals surface area contributed by atoms with Crippen LogP contribution < -0.4 is 15.4 Å². The second-order valence-corrected chi connectivity index (χ2v) is 5.15. The zero-order valence-corrected chi connectivity index (χ0v) is 13.4. The van der Waals surface area contributed by atoms with Gasteiger partial charge < -0.3 is 15.4 Å². The van der Waals surface area contributed by atoms with Gasteiger partial charge in [0, 0.05) is 0 Å². The lowest BCUT2D eigenvalue weighted by atomic mass is 10.1. The standard InChI is InChI=1S/C17H15F3N2O3/c1-9(10-3-5-11(25-2)6-4-10)21-16(23)17(24)22-13-8-7-12(18)14(19)15(13)20/h3-9H,1-2H3,(H,21,23)(H,22,24). The van der Waals surface area contributed by atoms with Crippen LogP contribution in [0.2, 0.25) is 0 Å². The van der Waals surface area contributed by atoms with Gasteiger partial charge in [-0.15, -0.1) is 0 Å². The van der Waals surface area contributed by atoms with E-state index in [1.54, 1.807) is 31.2 Å². The summed E-state index contributed by atoms with van der Waals surface area (Å²) in [6.45, 7) is 1.64. The van der Waals surface area contributed by atoms with Crippen molar-refractivity contribution in [3.05, 3.63) is 59.4 Å². The number of methoxy groups -OCH3 is 1. The van der Waals surface area contributed by atoms with E-state index >= 15 is 0 Å². The first kappa shape index (κ1) is 18.3. The number of rotatable bonds is 4. The molecule has 2 rings (SSSR count). The summed E-state index contributed by atoms with van der Waals surface area (Å²) in [4.78, 5) is 23.7. The van der Waals surface area contributed by atoms with Gasteiger partial charge in [0.15, 0.2) is 17.5 Å². The number of ether oxygens (including phenoxy) is 1. The van der Waals surface area contributed by atoms with E-state index in [4.69, 9.17) is 4.74 Å². The smallest absolute Gasteiger partial charge is 0.313 e. The van der Waals surface area contributed by atoms with E-state index in [0.717, 1.165) is 6.07 Å². The van der Waals surface area contributed by atoms with Crippen LogP contribution in [0.5, 0.6) is 5.75 Å². The van der Waals surface area contributed by atoms with Gasteiger partial charge in [-0.1, -0.05) is 12.1 Å². The highest BCUT2D eigenvalue weighted by Gasteiger charge is 2.20. The van der Waals surface area contributed by atoms with Gasteiger partial charge in [0.25, 0.3) is 0 Å². The molecule has 2 aromatic carbocycles. The molecule has 5 nitrogen and oxygen atoms in total. The van der Waals surface area contributed by atoms with Crippen LogP contribution in [0, 0.1) is 17.5 Å². The van der Waals surface area contributed by atoms with E-state index in [9.17, 15) is 22.8 Å². The first-order valence-corrected chi connectivity index (χ1v) is 7.22. The fourth-order valence-corrected chi connectivity index (χ4v) is 2.04. The van der Waals surface area contributed by atoms with Crippen molar-refractivity contribution >= 4 is 17.5 Å². The minimum absolute atomic E-state index is 0.515. The highest BCUT2D eigenvalue weighted by Crippen LogP contribution is 2.20. The van der Waals surface area contributed by atoms with Gasteiger partial charge >= 0.3 is 11.8 Å². The Bertz CT molecular complexity index is 794. The Morgan fingerprint density at radius 2 is 1.60 bits per heavy atom. The molecule has 2 amide bonds. The topological polar surface area (TPSA) is 67.4 Å². The summed E-state index contributed by atoms with van der Waals surface area (Å²) >= 11 is 0. The largest absolute Gasteiger partial charge is 0.497 e. The number of amides is 2. The van der Waals surface area contributed by atoms with Crippen LogP contribution in [0.25, 0.3) is 0 Å². The Labute approximate surface area is 141 Å². The monoisotopic (exact) mass is 352 g/mol. The SMILES string of the molecule is COc1ccc(C(C)NC(=O)C(=O)Nc2ccc(F)c(F)c2F)cc1. The molecular formula is C17H15F3N2O3. The Hall–Kier alpha value is -3.03. The molecule has 25 heavy (non-hydrogen) atoms. The highest BCUT2D eigenvalue weighted by molar-refractivity contribution is 6.39. The number of nitrogens with one attached hydrogen (secondary N) is 2. The number of carbonyl (C=O) groups excluding carboxylic acids is 2. The highest BCUT2D eigenvalue weighted by atomic mass is 19.2. The first-order valence-electron chi connectivity index (χ1n) is 7.22. The molecule has 132 valence electrons. The molecule has 0 radical (unpaired) electrons. The van der Waals surface area contributed by atoms with Crippen molar-refractivity contribution in [2.75, 3.05) is 12.4 Å². The van der Waals surface area contributed by atoms with E-state index in [2.05, 4.69) is 5.32 Å². The molecule has 0 saturated heterocycles. The second kappa shape index (κ2) is 7.69. The molecule has 0 aliphatic heterocycles. The zero-order chi connectivity index (χ0) is 18.6. The molecule has 0 heterocycles. The van der Waals surface area contributed by atoms with Crippen LogP contribution in [0.15, 0.2) is 36.4 Å². The maximum absolute atomic E-state index is 13.5. The van der Waals surface area contributed by atoms with Gasteiger partial charge in [-0.05, 0) is 36.8 Å². The van der Waals surface area contributed by atoms with Crippen molar-refractivity contribution in [2.24, 2.45) is 0 Å². The lowest BCUT2D eigenvalue weighted by molar-refractivity contribution is -0.136. The Morgan fingerprint density at radius 3 is 2.20 bits per heavy atom. The predicted octanol–water partition coefficient (Wildman–Crippen LogP) is 2.93. The molecule has 0 saturated carbocycles. The molecule has 2 aromatic rings. The molecule has 8 heteroatoms. The third-order valence-corrected chi connectivity index (χ3v) is 3.45. The summed E-state index contributed by atoms with van der Waals surface area (Å²) in [7, 11) is 1.52. The molecule has 0 spiro atoms. The van der Waals surface area contributed by atoms with E-state index in [1.807, 2.05) is 5.32 Å². The maximum atomic E-state index is 13.5. The van der Waals surface area contributed by atoms with E-state index in [-0.39, 0.29) is 0 Å². The number of benzene rings is 2. The minimum Gasteiger partial charge on any atom is -0.497 e. The van der Waals surface area contributed by atoms with Crippen LogP contribution in [-0.2, 0) is 9.59 Å². The zero-order valence-electron chi connectivity index (χ0n) is 13.4. The minimum atomic E-state index is -1.73. The van der Waals surface area contributed by atoms with Crippen molar-refractivity contribution in [1.29, 1.82) is 0 Å². The van der Waals surface area contributed by atoms with Gasteiger partial charge in [0.1, 0.15) is 5.75 Å². The van der Waals surface area contributed by atoms with Crippen molar-refractivity contribution < 1.29 is 27.5 Å². The summed E-state index contributed by atoms with van der Waals surface area (Å²) in [6, 6.07) is 7.74. The number of carbonyl (C=O) groups is 2. The third kappa shape index (κ3) is 4.28. The molecule has 0 bridgehead atoms. The van der Waals surface area contributed by atoms with E-state index in [0.29, 0.717) is 17.4 Å². The molecular weight excluding hydrogens is 337 g/mol. The number of halogens is 3. The van der Waals surface area contributed by atoms with Gasteiger partial charge in [-0.3, -0.25) is 9.59 Å². The molecule has 1 unspecified atom stereocenters. The second-order valence-electron chi connectivity index (χ2n) is 5.15. The van der Waals surface area contributed by atoms with Crippen LogP contribution in [-0.4, -0.2) is 18.9 Å². The first-order chi connectivity index (χ1) is 11.8. The number of hydrogen-bond donors (Lipinski definition) is 2. The van der Waals surface area contributed by atoms with Crippen molar-refractivity contribution in [3.63, 3.8) is 0 Å². The summed E-state index contributed by atoms with van der Waals surface area (Å²) in [5.41, 5.74) is 0.0807. The number of anilines is 1. The van der Waals surface area contributed by atoms with Gasteiger partial charge in [-0.25, -0.2) is 13.2 Å².